The van der Waals surface area contributed by atoms with Gasteiger partial charge < -0.3 is 14.8 Å². The molecule has 1 heterocycles. The summed E-state index contributed by atoms with van der Waals surface area (Å²) in [5.74, 6) is 0.436. The Kier molecular flexibility index (Phi) is 6.34. The average Bonchev–Trinajstić information content (AvgIpc) is 2.84. The van der Waals surface area contributed by atoms with Crippen LogP contribution in [-0.2, 0) is 9.53 Å². The largest absolute Gasteiger partial charge is 0.497 e. The molecule has 0 spiro atoms. The summed E-state index contributed by atoms with van der Waals surface area (Å²) in [6.45, 7) is 0. The molecule has 0 aromatic heterocycles. The molecule has 2 atom stereocenters. The molecule has 0 radical (unpaired) electrons. The van der Waals surface area contributed by atoms with Crippen molar-refractivity contribution in [1.82, 2.24) is 5.32 Å². The summed E-state index contributed by atoms with van der Waals surface area (Å²) in [5.41, 5.74) is 4.51. The molecule has 5 nitrogen and oxygen atoms in total. The summed E-state index contributed by atoms with van der Waals surface area (Å²) in [6, 6.07) is 27.7. The fraction of sp³-hybridized carbons (Fsp3) is 0.192. The number of hydrogen-bond donors (Lipinski definition) is 2. The highest BCUT2D eigenvalue weighted by molar-refractivity contribution is 5.92. The van der Waals surface area contributed by atoms with E-state index in [0.29, 0.717) is 12.0 Å². The molecular formula is C26H26N2O3. The van der Waals surface area contributed by atoms with Gasteiger partial charge in [-0.2, -0.15) is 0 Å². The molecule has 1 aliphatic rings. The van der Waals surface area contributed by atoms with E-state index in [2.05, 4.69) is 22.8 Å². The van der Waals surface area contributed by atoms with Crippen LogP contribution in [0.25, 0.3) is 0 Å². The molecule has 0 bridgehead atoms. The third-order valence-electron chi connectivity index (χ3n) is 5.52. The molecular weight excluding hydrogens is 388 g/mol. The van der Waals surface area contributed by atoms with E-state index in [4.69, 9.17) is 9.47 Å². The van der Waals surface area contributed by atoms with Crippen LogP contribution in [0.4, 0.5) is 5.69 Å². The minimum absolute atomic E-state index is 0.0422. The predicted molar refractivity (Wildman–Crippen MR) is 122 cm³/mol. The number of anilines is 1. The molecule has 2 N–H and O–H groups in total. The highest BCUT2D eigenvalue weighted by Gasteiger charge is 2.35. The number of hydrogen-bond acceptors (Lipinski definition) is 5. The van der Waals surface area contributed by atoms with E-state index in [0.717, 1.165) is 22.7 Å². The van der Waals surface area contributed by atoms with Crippen molar-refractivity contribution in [3.05, 3.63) is 107 Å². The summed E-state index contributed by atoms with van der Waals surface area (Å²) in [7, 11) is 3.06. The molecule has 158 valence electrons. The van der Waals surface area contributed by atoms with Gasteiger partial charge in [0.25, 0.3) is 0 Å². The van der Waals surface area contributed by atoms with E-state index in [1.165, 1.54) is 12.7 Å². The highest BCUT2D eigenvalue weighted by Crippen LogP contribution is 2.38. The number of benzene rings is 3. The van der Waals surface area contributed by atoms with Crippen molar-refractivity contribution >= 4 is 11.7 Å². The zero-order chi connectivity index (χ0) is 21.6. The second-order valence-corrected chi connectivity index (χ2v) is 7.42. The first-order valence-electron chi connectivity index (χ1n) is 10.3. The maximum absolute atomic E-state index is 12.9. The number of nitrogens with one attached hydrogen (secondary N) is 2. The van der Waals surface area contributed by atoms with Crippen LogP contribution in [0.2, 0.25) is 0 Å². The summed E-state index contributed by atoms with van der Waals surface area (Å²) in [4.78, 5) is 12.9. The second kappa shape index (κ2) is 9.49. The van der Waals surface area contributed by atoms with Gasteiger partial charge in [0, 0.05) is 23.8 Å². The fourth-order valence-corrected chi connectivity index (χ4v) is 3.96. The Bertz CT molecular complexity index is 1050. The van der Waals surface area contributed by atoms with Crippen LogP contribution in [0, 0.1) is 0 Å². The summed E-state index contributed by atoms with van der Waals surface area (Å²) < 4.78 is 10.5. The third-order valence-corrected chi connectivity index (χ3v) is 5.52. The van der Waals surface area contributed by atoms with E-state index >= 15 is 0 Å². The van der Waals surface area contributed by atoms with Gasteiger partial charge in [0.1, 0.15) is 5.75 Å². The van der Waals surface area contributed by atoms with Crippen molar-refractivity contribution in [3.8, 4) is 5.75 Å². The molecule has 0 unspecified atom stereocenters. The normalized spacial score (nSPS) is 18.4. The molecule has 0 amide bonds. The van der Waals surface area contributed by atoms with Gasteiger partial charge in [-0.3, -0.25) is 5.32 Å². The molecule has 1 aliphatic heterocycles. The maximum atomic E-state index is 12.9. The van der Waals surface area contributed by atoms with Crippen LogP contribution in [0.5, 0.6) is 5.75 Å². The smallest absolute Gasteiger partial charge is 0.337 e. The van der Waals surface area contributed by atoms with E-state index in [1.807, 2.05) is 72.8 Å². The molecule has 3 aromatic rings. The number of methoxy groups -OCH3 is 2. The molecule has 3 aromatic carbocycles. The number of carbonyl (C=O) groups is 1. The molecule has 0 fully saturated rings. The van der Waals surface area contributed by atoms with Gasteiger partial charge in [-0.1, -0.05) is 60.7 Å². The van der Waals surface area contributed by atoms with Crippen molar-refractivity contribution in [2.75, 3.05) is 19.5 Å². The number of ether oxygens (including phenoxy) is 2. The van der Waals surface area contributed by atoms with Crippen molar-refractivity contribution in [1.29, 1.82) is 0 Å². The first-order valence-corrected chi connectivity index (χ1v) is 10.3. The van der Waals surface area contributed by atoms with Crippen LogP contribution < -0.4 is 15.4 Å². The molecule has 0 aliphatic carbocycles. The Morgan fingerprint density at radius 1 is 0.871 bits per heavy atom. The highest BCUT2D eigenvalue weighted by atomic mass is 16.5. The topological polar surface area (TPSA) is 59.6 Å². The van der Waals surface area contributed by atoms with Crippen LogP contribution in [0.3, 0.4) is 0 Å². The van der Waals surface area contributed by atoms with Crippen LogP contribution in [-0.4, -0.2) is 20.2 Å². The summed E-state index contributed by atoms with van der Waals surface area (Å²) in [5, 5.41) is 7.15. The zero-order valence-corrected chi connectivity index (χ0v) is 17.7. The lowest BCUT2D eigenvalue weighted by Crippen LogP contribution is -2.37. The number of esters is 1. The lowest BCUT2D eigenvalue weighted by molar-refractivity contribution is -0.136. The van der Waals surface area contributed by atoms with Crippen molar-refractivity contribution in [3.63, 3.8) is 0 Å². The van der Waals surface area contributed by atoms with Crippen molar-refractivity contribution < 1.29 is 14.3 Å². The molecule has 31 heavy (non-hydrogen) atoms. The van der Waals surface area contributed by atoms with E-state index < -0.39 is 0 Å². The lowest BCUT2D eigenvalue weighted by atomic mass is 9.87. The van der Waals surface area contributed by atoms with Gasteiger partial charge in [0.05, 0.1) is 25.8 Å². The predicted octanol–water partition coefficient (Wildman–Crippen LogP) is 5.01. The second-order valence-electron chi connectivity index (χ2n) is 7.42. The van der Waals surface area contributed by atoms with Gasteiger partial charge >= 0.3 is 5.97 Å². The maximum Gasteiger partial charge on any atom is 0.337 e. The van der Waals surface area contributed by atoms with Gasteiger partial charge in [-0.05, 0) is 35.4 Å². The molecule has 0 saturated heterocycles. The fourth-order valence-electron chi connectivity index (χ4n) is 3.96. The molecule has 0 saturated carbocycles. The van der Waals surface area contributed by atoms with Crippen LogP contribution in [0.1, 0.15) is 29.6 Å². The Balaban J connectivity index is 1.78. The number of rotatable bonds is 6. The van der Waals surface area contributed by atoms with E-state index in [1.54, 1.807) is 7.11 Å². The van der Waals surface area contributed by atoms with Gasteiger partial charge in [0.15, 0.2) is 0 Å². The van der Waals surface area contributed by atoms with Crippen molar-refractivity contribution in [2.45, 2.75) is 18.5 Å². The SMILES string of the molecule is COC(=O)C1=C(Nc2ccc(OC)cc2)C[C@@H](c2ccccc2)N[C@@H]1c1ccccc1. The quantitative estimate of drug-likeness (QED) is 0.555. The van der Waals surface area contributed by atoms with Gasteiger partial charge in [-0.25, -0.2) is 4.79 Å². The Labute approximate surface area is 182 Å². The third kappa shape index (κ3) is 4.62. The van der Waals surface area contributed by atoms with Gasteiger partial charge in [-0.15, -0.1) is 0 Å². The average molecular weight is 415 g/mol. The molecule has 5 heteroatoms. The molecule has 4 rings (SSSR count). The Morgan fingerprint density at radius 3 is 2.06 bits per heavy atom. The lowest BCUT2D eigenvalue weighted by Gasteiger charge is -2.35. The Morgan fingerprint density at radius 2 is 1.48 bits per heavy atom. The Hall–Kier alpha value is -3.57. The van der Waals surface area contributed by atoms with Crippen molar-refractivity contribution in [2.24, 2.45) is 0 Å². The standard InChI is InChI=1S/C26H26N2O3/c1-30-21-15-13-20(14-16-21)27-23-17-22(18-9-5-3-6-10-18)28-25(24(23)26(29)31-2)19-11-7-4-8-12-19/h3-16,22,25,27-28H,17H2,1-2H3/t22-,25+/m0/s1. The van der Waals surface area contributed by atoms with Gasteiger partial charge in [0.2, 0.25) is 0 Å². The monoisotopic (exact) mass is 414 g/mol. The minimum atomic E-state index is -0.344. The summed E-state index contributed by atoms with van der Waals surface area (Å²) in [6.07, 6.45) is 0.629. The number of carbonyl (C=O) groups excluding carboxylic acids is 1. The van der Waals surface area contributed by atoms with Crippen LogP contribution in [0.15, 0.2) is 96.2 Å². The zero-order valence-electron chi connectivity index (χ0n) is 17.7. The summed E-state index contributed by atoms with van der Waals surface area (Å²) >= 11 is 0. The van der Waals surface area contributed by atoms with Crippen LogP contribution >= 0.6 is 0 Å². The first kappa shape index (κ1) is 20.7. The van der Waals surface area contributed by atoms with E-state index in [-0.39, 0.29) is 18.1 Å². The van der Waals surface area contributed by atoms with E-state index in [9.17, 15) is 4.79 Å². The first-order chi connectivity index (χ1) is 15.2. The minimum Gasteiger partial charge on any atom is -0.497 e.